The van der Waals surface area contributed by atoms with E-state index in [2.05, 4.69) is 27.6 Å². The Morgan fingerprint density at radius 3 is 3.19 bits per heavy atom. The molecule has 16 heavy (non-hydrogen) atoms. The number of nitrogens with two attached hydrogens (primary N) is 1. The molecule has 1 fully saturated rings. The fourth-order valence-electron chi connectivity index (χ4n) is 2.02. The van der Waals surface area contributed by atoms with Gasteiger partial charge in [0, 0.05) is 30.4 Å². The summed E-state index contributed by atoms with van der Waals surface area (Å²) in [5.74, 6) is -0.291. The van der Waals surface area contributed by atoms with Crippen molar-refractivity contribution in [1.29, 1.82) is 0 Å². The molecule has 0 aliphatic carbocycles. The van der Waals surface area contributed by atoms with Gasteiger partial charge in [-0.1, -0.05) is 17.8 Å². The minimum absolute atomic E-state index is 0. The van der Waals surface area contributed by atoms with E-state index >= 15 is 0 Å². The molecule has 3 aliphatic rings. The molecule has 1 amide bonds. The predicted molar refractivity (Wildman–Crippen MR) is 65.4 cm³/mol. The van der Waals surface area contributed by atoms with Crippen molar-refractivity contribution in [3.05, 3.63) is 23.4 Å². The van der Waals surface area contributed by atoms with Crippen LogP contribution in [0.2, 0.25) is 0 Å². The number of hydrazine groups is 1. The molecule has 0 aromatic rings. The average Bonchev–Trinajstić information content (AvgIpc) is 2.77. The predicted octanol–water partition coefficient (Wildman–Crippen LogP) is -0.174. The lowest BCUT2D eigenvalue weighted by atomic mass is 10.2. The van der Waals surface area contributed by atoms with Crippen molar-refractivity contribution in [2.45, 2.75) is 11.4 Å². The van der Waals surface area contributed by atoms with Crippen LogP contribution in [0.5, 0.6) is 0 Å². The van der Waals surface area contributed by atoms with Crippen LogP contribution in [0.3, 0.4) is 0 Å². The van der Waals surface area contributed by atoms with Gasteiger partial charge < -0.3 is 5.73 Å². The second kappa shape index (κ2) is 4.29. The second-order valence-corrected chi connectivity index (χ2v) is 4.97. The molecule has 88 valence electrons. The average molecular weight is 261 g/mol. The number of halogens is 1. The van der Waals surface area contributed by atoms with Gasteiger partial charge in [-0.15, -0.1) is 12.4 Å². The van der Waals surface area contributed by atoms with E-state index in [0.29, 0.717) is 0 Å². The molecular formula is C9H13ClN4OS. The number of fused-ring (bicyclic) bond motifs is 2. The van der Waals surface area contributed by atoms with Crippen molar-refractivity contribution < 1.29 is 4.79 Å². The Kier molecular flexibility index (Phi) is 3.16. The summed E-state index contributed by atoms with van der Waals surface area (Å²) in [4.78, 5) is 12.3. The zero-order valence-electron chi connectivity index (χ0n) is 8.50. The maximum absolute atomic E-state index is 11.1. The number of rotatable bonds is 1. The summed E-state index contributed by atoms with van der Waals surface area (Å²) < 4.78 is 0. The van der Waals surface area contributed by atoms with Gasteiger partial charge in [-0.2, -0.15) is 0 Å². The standard InChI is InChI=1S/C9H12N4OS.ClH/c10-8(14)9-11-6-4-12-2-1-3-13(12)5-7(6)15-9;/h1,3,5-6,9,11H,2,4H2,(H2,10,14);1H. The summed E-state index contributed by atoms with van der Waals surface area (Å²) >= 11 is 1.52. The molecule has 2 unspecified atom stereocenters. The van der Waals surface area contributed by atoms with Crippen LogP contribution in [0.25, 0.3) is 0 Å². The molecule has 2 atom stereocenters. The fraction of sp³-hybridized carbons (Fsp3) is 0.444. The van der Waals surface area contributed by atoms with Crippen LogP contribution in [-0.4, -0.2) is 40.4 Å². The Balaban J connectivity index is 0.000000963. The Hall–Kier alpha value is -0.690. The van der Waals surface area contributed by atoms with Crippen molar-refractivity contribution >= 4 is 30.1 Å². The highest BCUT2D eigenvalue weighted by Gasteiger charge is 2.37. The van der Waals surface area contributed by atoms with Crippen molar-refractivity contribution in [2.75, 3.05) is 13.1 Å². The molecule has 3 aliphatic heterocycles. The van der Waals surface area contributed by atoms with E-state index < -0.39 is 0 Å². The van der Waals surface area contributed by atoms with Gasteiger partial charge in [0.25, 0.3) is 0 Å². The number of hydrogen-bond acceptors (Lipinski definition) is 5. The van der Waals surface area contributed by atoms with E-state index in [-0.39, 0.29) is 29.7 Å². The summed E-state index contributed by atoms with van der Waals surface area (Å²) in [6, 6.07) is 0.253. The molecule has 3 heterocycles. The molecule has 0 aromatic heterocycles. The van der Waals surface area contributed by atoms with Crippen molar-refractivity contribution in [1.82, 2.24) is 15.3 Å². The van der Waals surface area contributed by atoms with E-state index in [1.807, 2.05) is 6.20 Å². The highest BCUT2D eigenvalue weighted by molar-refractivity contribution is 8.04. The first kappa shape index (κ1) is 11.8. The molecule has 0 aromatic carbocycles. The van der Waals surface area contributed by atoms with E-state index in [1.54, 1.807) is 0 Å². The van der Waals surface area contributed by atoms with Crippen LogP contribution in [-0.2, 0) is 4.79 Å². The maximum Gasteiger partial charge on any atom is 0.245 e. The van der Waals surface area contributed by atoms with E-state index in [4.69, 9.17) is 5.73 Å². The molecule has 0 bridgehead atoms. The number of nitrogens with one attached hydrogen (secondary N) is 1. The van der Waals surface area contributed by atoms with Gasteiger partial charge in [0.2, 0.25) is 5.91 Å². The quantitative estimate of drug-likeness (QED) is 0.685. The molecule has 7 heteroatoms. The van der Waals surface area contributed by atoms with Crippen LogP contribution in [0.15, 0.2) is 23.4 Å². The normalized spacial score (nSPS) is 31.8. The van der Waals surface area contributed by atoms with Crippen LogP contribution < -0.4 is 11.1 Å². The molecule has 5 nitrogen and oxygen atoms in total. The largest absolute Gasteiger partial charge is 0.368 e. The number of nitrogens with zero attached hydrogens (tertiary/aromatic N) is 2. The summed E-state index contributed by atoms with van der Waals surface area (Å²) in [6.07, 6.45) is 6.23. The third kappa shape index (κ3) is 1.82. The zero-order chi connectivity index (χ0) is 10.4. The fourth-order valence-corrected chi connectivity index (χ4v) is 3.12. The zero-order valence-corrected chi connectivity index (χ0v) is 10.1. The van der Waals surface area contributed by atoms with Gasteiger partial charge in [-0.05, 0) is 0 Å². The number of primary amides is 1. The third-order valence-corrected chi connectivity index (χ3v) is 4.03. The lowest BCUT2D eigenvalue weighted by molar-refractivity contribution is -0.118. The number of amides is 1. The highest BCUT2D eigenvalue weighted by Crippen LogP contribution is 2.35. The number of carbonyl (C=O) groups excluding carboxylic acids is 1. The Morgan fingerprint density at radius 2 is 2.44 bits per heavy atom. The summed E-state index contributed by atoms with van der Waals surface area (Å²) in [5, 5.41) is 7.24. The van der Waals surface area contributed by atoms with Crippen LogP contribution >= 0.6 is 24.2 Å². The molecule has 0 saturated carbocycles. The second-order valence-electron chi connectivity index (χ2n) is 3.79. The van der Waals surface area contributed by atoms with Crippen LogP contribution in [0.4, 0.5) is 0 Å². The van der Waals surface area contributed by atoms with Crippen LogP contribution in [0, 0.1) is 0 Å². The number of hydrogen-bond donors (Lipinski definition) is 2. The van der Waals surface area contributed by atoms with Crippen molar-refractivity contribution in [3.8, 4) is 0 Å². The Morgan fingerprint density at radius 1 is 1.62 bits per heavy atom. The number of thioether (sulfide) groups is 1. The van der Waals surface area contributed by atoms with Crippen LogP contribution in [0.1, 0.15) is 0 Å². The molecule has 0 radical (unpaired) electrons. The Labute approximate surface area is 104 Å². The third-order valence-electron chi connectivity index (χ3n) is 2.76. The minimum atomic E-state index is -0.291. The monoisotopic (exact) mass is 260 g/mol. The first-order chi connectivity index (χ1) is 7.24. The molecule has 0 spiro atoms. The smallest absolute Gasteiger partial charge is 0.245 e. The molecular weight excluding hydrogens is 248 g/mol. The molecule has 3 rings (SSSR count). The van der Waals surface area contributed by atoms with Crippen molar-refractivity contribution in [2.24, 2.45) is 5.73 Å². The molecule has 3 N–H and O–H groups in total. The van der Waals surface area contributed by atoms with E-state index in [1.165, 1.54) is 16.7 Å². The lowest BCUT2D eigenvalue weighted by Crippen LogP contribution is -2.48. The van der Waals surface area contributed by atoms with Gasteiger partial charge in [0.05, 0.1) is 6.04 Å². The van der Waals surface area contributed by atoms with E-state index in [9.17, 15) is 4.79 Å². The van der Waals surface area contributed by atoms with Gasteiger partial charge in [-0.25, -0.2) is 5.01 Å². The van der Waals surface area contributed by atoms with Gasteiger partial charge in [-0.3, -0.25) is 15.1 Å². The summed E-state index contributed by atoms with van der Waals surface area (Å²) in [5.41, 5.74) is 5.28. The van der Waals surface area contributed by atoms with Gasteiger partial charge in [0.1, 0.15) is 5.37 Å². The molecule has 1 saturated heterocycles. The topological polar surface area (TPSA) is 61.6 Å². The maximum atomic E-state index is 11.1. The van der Waals surface area contributed by atoms with Gasteiger partial charge >= 0.3 is 0 Å². The first-order valence-electron chi connectivity index (χ1n) is 4.87. The SMILES string of the molecule is Cl.NC(=O)C1NC2CN3CC=CN3C=C2S1. The van der Waals surface area contributed by atoms with Gasteiger partial charge in [0.15, 0.2) is 0 Å². The van der Waals surface area contributed by atoms with E-state index in [0.717, 1.165) is 13.1 Å². The highest BCUT2D eigenvalue weighted by atomic mass is 35.5. The minimum Gasteiger partial charge on any atom is -0.368 e. The summed E-state index contributed by atoms with van der Waals surface area (Å²) in [6.45, 7) is 1.84. The Bertz CT molecular complexity index is 373. The first-order valence-corrected chi connectivity index (χ1v) is 5.75. The lowest BCUT2D eigenvalue weighted by Gasteiger charge is -2.33. The summed E-state index contributed by atoms with van der Waals surface area (Å²) in [7, 11) is 0. The van der Waals surface area contributed by atoms with Crippen molar-refractivity contribution in [3.63, 3.8) is 0 Å². The number of carbonyl (C=O) groups is 1.